The summed E-state index contributed by atoms with van der Waals surface area (Å²) in [5.74, 6) is 0.145. The predicted molar refractivity (Wildman–Crippen MR) is 121 cm³/mol. The lowest BCUT2D eigenvalue weighted by atomic mass is 9.80. The summed E-state index contributed by atoms with van der Waals surface area (Å²) in [5, 5.41) is 9.31. The SMILES string of the molecule is CC1CC[C@@H](Nc2c(C(N)=O)cnn3cc(-c4ccc5cc[nH]c5c4)cc23)C1(C)C. The second-order valence-corrected chi connectivity index (χ2v) is 9.13. The fourth-order valence-electron chi connectivity index (χ4n) is 4.72. The Morgan fingerprint density at radius 2 is 2.07 bits per heavy atom. The van der Waals surface area contributed by atoms with E-state index in [0.29, 0.717) is 11.5 Å². The molecule has 1 amide bonds. The van der Waals surface area contributed by atoms with Crippen LogP contribution in [0.3, 0.4) is 0 Å². The zero-order valence-electron chi connectivity index (χ0n) is 17.6. The third-order valence-electron chi connectivity index (χ3n) is 7.17. The fraction of sp³-hybridized carbons (Fsp3) is 0.333. The van der Waals surface area contributed by atoms with Crippen LogP contribution < -0.4 is 11.1 Å². The van der Waals surface area contributed by atoms with Crippen molar-refractivity contribution < 1.29 is 4.79 Å². The maximum Gasteiger partial charge on any atom is 0.252 e. The first-order valence-electron chi connectivity index (χ1n) is 10.5. The molecule has 6 nitrogen and oxygen atoms in total. The molecule has 154 valence electrons. The van der Waals surface area contributed by atoms with Crippen LogP contribution in [0.1, 0.15) is 44.0 Å². The molecule has 0 saturated heterocycles. The lowest BCUT2D eigenvalue weighted by molar-refractivity contribution is 0.100. The number of nitrogens with two attached hydrogens (primary N) is 1. The molecule has 1 saturated carbocycles. The maximum absolute atomic E-state index is 12.2. The van der Waals surface area contributed by atoms with Crippen molar-refractivity contribution in [3.8, 4) is 11.1 Å². The van der Waals surface area contributed by atoms with Crippen LogP contribution in [-0.4, -0.2) is 26.5 Å². The van der Waals surface area contributed by atoms with Crippen molar-refractivity contribution in [3.63, 3.8) is 0 Å². The highest BCUT2D eigenvalue weighted by atomic mass is 16.1. The number of anilines is 1. The number of rotatable bonds is 4. The highest BCUT2D eigenvalue weighted by Gasteiger charge is 2.41. The van der Waals surface area contributed by atoms with Crippen LogP contribution >= 0.6 is 0 Å². The number of nitrogens with zero attached hydrogens (tertiary/aromatic N) is 2. The van der Waals surface area contributed by atoms with Crippen LogP contribution in [0.5, 0.6) is 0 Å². The lowest BCUT2D eigenvalue weighted by Gasteiger charge is -2.33. The van der Waals surface area contributed by atoms with E-state index in [4.69, 9.17) is 5.73 Å². The Labute approximate surface area is 175 Å². The molecule has 4 N–H and O–H groups in total. The van der Waals surface area contributed by atoms with Crippen LogP contribution in [0.15, 0.2) is 48.9 Å². The van der Waals surface area contributed by atoms with E-state index in [0.717, 1.165) is 34.3 Å². The van der Waals surface area contributed by atoms with Gasteiger partial charge in [0.25, 0.3) is 5.91 Å². The van der Waals surface area contributed by atoms with E-state index >= 15 is 0 Å². The molecule has 2 atom stereocenters. The number of carbonyl (C=O) groups is 1. The summed E-state index contributed by atoms with van der Waals surface area (Å²) in [4.78, 5) is 15.5. The normalized spacial score (nSPS) is 20.8. The van der Waals surface area contributed by atoms with Gasteiger partial charge in [-0.15, -0.1) is 0 Å². The largest absolute Gasteiger partial charge is 0.379 e. The number of aromatic nitrogens is 3. The Morgan fingerprint density at radius 3 is 2.80 bits per heavy atom. The smallest absolute Gasteiger partial charge is 0.252 e. The second-order valence-electron chi connectivity index (χ2n) is 9.13. The highest BCUT2D eigenvalue weighted by molar-refractivity contribution is 6.02. The molecule has 4 aromatic rings. The molecule has 0 spiro atoms. The summed E-state index contributed by atoms with van der Waals surface area (Å²) in [7, 11) is 0. The number of nitrogens with one attached hydrogen (secondary N) is 2. The van der Waals surface area contributed by atoms with E-state index in [1.807, 2.05) is 16.9 Å². The highest BCUT2D eigenvalue weighted by Crippen LogP contribution is 2.44. The number of hydrogen-bond acceptors (Lipinski definition) is 3. The summed E-state index contributed by atoms with van der Waals surface area (Å²) in [6, 6.07) is 10.8. The van der Waals surface area contributed by atoms with Crippen LogP contribution in [0.2, 0.25) is 0 Å². The van der Waals surface area contributed by atoms with E-state index in [1.54, 1.807) is 6.20 Å². The van der Waals surface area contributed by atoms with Crippen molar-refractivity contribution in [2.24, 2.45) is 17.1 Å². The van der Waals surface area contributed by atoms with Crippen molar-refractivity contribution in [2.75, 3.05) is 5.32 Å². The van der Waals surface area contributed by atoms with Crippen molar-refractivity contribution in [3.05, 3.63) is 54.5 Å². The first-order valence-corrected chi connectivity index (χ1v) is 10.5. The Hall–Kier alpha value is -3.28. The Morgan fingerprint density at radius 1 is 1.23 bits per heavy atom. The standard InChI is InChI=1S/C24H27N5O/c1-14-4-7-21(24(14,2)3)28-22-18(23(25)30)12-27-29-13-17(11-20(22)29)16-6-5-15-8-9-26-19(15)10-16/h5-6,8-14,21,26,28H,4,7H2,1-3H3,(H2,25,30)/t14?,21-/m1/s1. The zero-order valence-corrected chi connectivity index (χ0v) is 17.6. The lowest BCUT2D eigenvalue weighted by Crippen LogP contribution is -2.35. The zero-order chi connectivity index (χ0) is 21.0. The van der Waals surface area contributed by atoms with Gasteiger partial charge < -0.3 is 16.0 Å². The number of hydrogen-bond donors (Lipinski definition) is 3. The molecule has 5 rings (SSSR count). The first kappa shape index (κ1) is 18.7. The van der Waals surface area contributed by atoms with Crippen LogP contribution in [0.25, 0.3) is 27.5 Å². The summed E-state index contributed by atoms with van der Waals surface area (Å²) < 4.78 is 1.83. The summed E-state index contributed by atoms with van der Waals surface area (Å²) in [5.41, 5.74) is 11.1. The molecule has 1 aromatic carbocycles. The number of aromatic amines is 1. The van der Waals surface area contributed by atoms with Gasteiger partial charge >= 0.3 is 0 Å². The van der Waals surface area contributed by atoms with Gasteiger partial charge in [0, 0.05) is 29.5 Å². The van der Waals surface area contributed by atoms with Gasteiger partial charge in [-0.25, -0.2) is 4.52 Å². The van der Waals surface area contributed by atoms with Gasteiger partial charge in [-0.1, -0.05) is 32.9 Å². The quantitative estimate of drug-likeness (QED) is 0.458. The summed E-state index contributed by atoms with van der Waals surface area (Å²) in [6.07, 6.45) is 7.74. The minimum atomic E-state index is -0.466. The minimum Gasteiger partial charge on any atom is -0.379 e. The van der Waals surface area contributed by atoms with Crippen molar-refractivity contribution in [1.82, 2.24) is 14.6 Å². The first-order chi connectivity index (χ1) is 14.3. The Balaban J connectivity index is 1.62. The molecule has 1 fully saturated rings. The fourth-order valence-corrected chi connectivity index (χ4v) is 4.72. The van der Waals surface area contributed by atoms with Gasteiger partial charge in [0.1, 0.15) is 0 Å². The van der Waals surface area contributed by atoms with Gasteiger partial charge in [0.05, 0.1) is 23.0 Å². The molecule has 0 radical (unpaired) electrons. The molecular formula is C24H27N5O. The third kappa shape index (κ3) is 2.86. The molecular weight excluding hydrogens is 374 g/mol. The number of amides is 1. The van der Waals surface area contributed by atoms with Gasteiger partial charge in [0.2, 0.25) is 0 Å². The third-order valence-corrected chi connectivity index (χ3v) is 7.17. The molecule has 1 aliphatic carbocycles. The van der Waals surface area contributed by atoms with Crippen LogP contribution in [-0.2, 0) is 0 Å². The molecule has 0 bridgehead atoms. The van der Waals surface area contributed by atoms with Crippen LogP contribution in [0.4, 0.5) is 5.69 Å². The summed E-state index contributed by atoms with van der Waals surface area (Å²) >= 11 is 0. The van der Waals surface area contributed by atoms with Crippen molar-refractivity contribution in [1.29, 1.82) is 0 Å². The number of fused-ring (bicyclic) bond motifs is 2. The molecule has 3 aromatic heterocycles. The average molecular weight is 402 g/mol. The predicted octanol–water partition coefficient (Wildman–Crippen LogP) is 4.82. The molecule has 6 heteroatoms. The van der Waals surface area contributed by atoms with E-state index in [1.165, 1.54) is 11.8 Å². The van der Waals surface area contributed by atoms with Gasteiger partial charge in [-0.05, 0) is 53.3 Å². The number of benzene rings is 1. The molecule has 30 heavy (non-hydrogen) atoms. The topological polar surface area (TPSA) is 88.2 Å². The second kappa shape index (κ2) is 6.62. The number of primary amides is 1. The van der Waals surface area contributed by atoms with Gasteiger partial charge in [-0.3, -0.25) is 4.79 Å². The molecule has 0 aliphatic heterocycles. The van der Waals surface area contributed by atoms with Crippen molar-refractivity contribution in [2.45, 2.75) is 39.7 Å². The van der Waals surface area contributed by atoms with Crippen molar-refractivity contribution >= 4 is 28.0 Å². The van der Waals surface area contributed by atoms with E-state index in [9.17, 15) is 4.79 Å². The number of H-pyrrole nitrogens is 1. The van der Waals surface area contributed by atoms with Gasteiger partial charge in [-0.2, -0.15) is 5.10 Å². The Bertz CT molecular complexity index is 1270. The van der Waals surface area contributed by atoms with E-state index in [2.05, 4.69) is 66.5 Å². The minimum absolute atomic E-state index is 0.128. The van der Waals surface area contributed by atoms with Crippen LogP contribution in [0, 0.1) is 11.3 Å². The molecule has 1 aliphatic rings. The molecule has 1 unspecified atom stereocenters. The van der Waals surface area contributed by atoms with E-state index in [-0.39, 0.29) is 11.5 Å². The number of carbonyl (C=O) groups excluding carboxylic acids is 1. The Kier molecular flexibility index (Phi) is 4.13. The van der Waals surface area contributed by atoms with E-state index < -0.39 is 5.91 Å². The summed E-state index contributed by atoms with van der Waals surface area (Å²) in [6.45, 7) is 6.88. The monoisotopic (exact) mass is 401 g/mol. The molecule has 3 heterocycles. The van der Waals surface area contributed by atoms with Gasteiger partial charge in [0.15, 0.2) is 0 Å². The average Bonchev–Trinajstić information content (AvgIpc) is 3.41. The maximum atomic E-state index is 12.2.